The van der Waals surface area contributed by atoms with Crippen molar-refractivity contribution in [2.45, 2.75) is 57.0 Å². The van der Waals surface area contributed by atoms with Gasteiger partial charge in [0.1, 0.15) is 5.60 Å². The van der Waals surface area contributed by atoms with Crippen molar-refractivity contribution >= 4 is 0 Å². The summed E-state index contributed by atoms with van der Waals surface area (Å²) >= 11 is 0. The molecule has 1 aliphatic heterocycles. The number of nitrogens with one attached hydrogen (secondary N) is 1. The van der Waals surface area contributed by atoms with Crippen molar-refractivity contribution in [1.29, 1.82) is 0 Å². The second-order valence-corrected chi connectivity index (χ2v) is 6.21. The van der Waals surface area contributed by atoms with E-state index >= 15 is 0 Å². The van der Waals surface area contributed by atoms with Gasteiger partial charge in [0.15, 0.2) is 5.82 Å². The third kappa shape index (κ3) is 2.67. The fourth-order valence-corrected chi connectivity index (χ4v) is 3.31. The molecule has 2 N–H and O–H groups in total. The van der Waals surface area contributed by atoms with Gasteiger partial charge in [-0.05, 0) is 44.7 Å². The van der Waals surface area contributed by atoms with E-state index in [1.165, 1.54) is 12.8 Å². The summed E-state index contributed by atoms with van der Waals surface area (Å²) in [6.07, 6.45) is 6.12. The normalized spacial score (nSPS) is 31.3. The summed E-state index contributed by atoms with van der Waals surface area (Å²) < 4.78 is 5.36. The Labute approximate surface area is 113 Å². The van der Waals surface area contributed by atoms with Crippen LogP contribution in [0.5, 0.6) is 0 Å². The number of piperidine rings is 1. The molecule has 106 valence electrons. The van der Waals surface area contributed by atoms with Gasteiger partial charge in [0.05, 0.1) is 0 Å². The van der Waals surface area contributed by atoms with Crippen molar-refractivity contribution < 1.29 is 9.63 Å². The molecule has 1 saturated carbocycles. The van der Waals surface area contributed by atoms with E-state index in [1.807, 2.05) is 0 Å². The molecule has 1 aromatic rings. The minimum Gasteiger partial charge on any atom is -0.380 e. The van der Waals surface area contributed by atoms with E-state index in [1.54, 1.807) is 0 Å². The molecule has 5 heteroatoms. The van der Waals surface area contributed by atoms with Crippen molar-refractivity contribution in [2.75, 3.05) is 13.1 Å². The Kier molecular flexibility index (Phi) is 3.58. The quantitative estimate of drug-likeness (QED) is 0.855. The van der Waals surface area contributed by atoms with Crippen LogP contribution in [0.15, 0.2) is 4.52 Å². The Morgan fingerprint density at radius 3 is 2.84 bits per heavy atom. The summed E-state index contributed by atoms with van der Waals surface area (Å²) in [5, 5.41) is 17.9. The smallest absolute Gasteiger partial charge is 0.258 e. The molecule has 5 nitrogen and oxygen atoms in total. The van der Waals surface area contributed by atoms with Gasteiger partial charge in [-0.2, -0.15) is 4.98 Å². The van der Waals surface area contributed by atoms with Crippen LogP contribution in [0.1, 0.15) is 63.1 Å². The lowest BCUT2D eigenvalue weighted by atomic mass is 9.82. The summed E-state index contributed by atoms with van der Waals surface area (Å²) in [6.45, 7) is 3.89. The van der Waals surface area contributed by atoms with Crippen LogP contribution >= 0.6 is 0 Å². The predicted molar refractivity (Wildman–Crippen MR) is 70.7 cm³/mol. The van der Waals surface area contributed by atoms with Gasteiger partial charge in [0.25, 0.3) is 5.89 Å². The Bertz CT molecular complexity index is 426. The number of rotatable bonds is 2. The van der Waals surface area contributed by atoms with E-state index in [0.29, 0.717) is 24.7 Å². The average Bonchev–Trinajstić information content (AvgIpc) is 2.90. The van der Waals surface area contributed by atoms with Crippen molar-refractivity contribution in [3.8, 4) is 0 Å². The highest BCUT2D eigenvalue weighted by Gasteiger charge is 2.37. The molecule has 19 heavy (non-hydrogen) atoms. The van der Waals surface area contributed by atoms with Crippen LogP contribution in [0, 0.1) is 5.92 Å². The first-order chi connectivity index (χ1) is 9.17. The Morgan fingerprint density at radius 2 is 2.11 bits per heavy atom. The highest BCUT2D eigenvalue weighted by Crippen LogP contribution is 2.36. The molecule has 3 rings (SSSR count). The molecule has 1 saturated heterocycles. The lowest BCUT2D eigenvalue weighted by Gasteiger charge is -2.28. The number of aliphatic hydroxyl groups is 1. The van der Waals surface area contributed by atoms with Crippen LogP contribution in [0.2, 0.25) is 0 Å². The van der Waals surface area contributed by atoms with Crippen LogP contribution < -0.4 is 5.32 Å². The average molecular weight is 265 g/mol. The van der Waals surface area contributed by atoms with Gasteiger partial charge < -0.3 is 14.9 Å². The molecule has 0 aromatic carbocycles. The molecule has 0 spiro atoms. The SMILES string of the molecule is CC1CCCC(c2noc(C3(O)CCNCC3)n2)C1. The van der Waals surface area contributed by atoms with E-state index in [2.05, 4.69) is 22.4 Å². The molecule has 0 radical (unpaired) electrons. The molecule has 2 aliphatic rings. The van der Waals surface area contributed by atoms with E-state index in [4.69, 9.17) is 4.52 Å². The van der Waals surface area contributed by atoms with Gasteiger partial charge in [-0.3, -0.25) is 0 Å². The summed E-state index contributed by atoms with van der Waals surface area (Å²) in [5.41, 5.74) is -0.920. The van der Waals surface area contributed by atoms with Gasteiger partial charge in [0.2, 0.25) is 0 Å². The highest BCUT2D eigenvalue weighted by molar-refractivity contribution is 5.04. The van der Waals surface area contributed by atoms with Gasteiger partial charge in [-0.15, -0.1) is 0 Å². The number of nitrogens with zero attached hydrogens (tertiary/aromatic N) is 2. The Hall–Kier alpha value is -0.940. The first-order valence-corrected chi connectivity index (χ1v) is 7.44. The fraction of sp³-hybridized carbons (Fsp3) is 0.857. The zero-order valence-corrected chi connectivity index (χ0v) is 11.6. The molecule has 1 aromatic heterocycles. The third-order valence-electron chi connectivity index (χ3n) is 4.57. The molecule has 2 fully saturated rings. The highest BCUT2D eigenvalue weighted by atomic mass is 16.5. The molecule has 2 heterocycles. The second-order valence-electron chi connectivity index (χ2n) is 6.21. The van der Waals surface area contributed by atoms with Gasteiger partial charge in [-0.25, -0.2) is 0 Å². The largest absolute Gasteiger partial charge is 0.380 e. The van der Waals surface area contributed by atoms with Gasteiger partial charge >= 0.3 is 0 Å². The van der Waals surface area contributed by atoms with Gasteiger partial charge in [-0.1, -0.05) is 24.9 Å². The van der Waals surface area contributed by atoms with E-state index in [-0.39, 0.29) is 0 Å². The maximum atomic E-state index is 10.6. The topological polar surface area (TPSA) is 71.2 Å². The standard InChI is InChI=1S/C14H23N3O2/c1-10-3-2-4-11(9-10)12-16-13(19-17-12)14(18)5-7-15-8-6-14/h10-11,15,18H,2-9H2,1H3. The minimum absolute atomic E-state index is 0.409. The van der Waals surface area contributed by atoms with E-state index < -0.39 is 5.60 Å². The van der Waals surface area contributed by atoms with Crippen molar-refractivity contribution in [3.63, 3.8) is 0 Å². The molecular formula is C14H23N3O2. The van der Waals surface area contributed by atoms with E-state index in [9.17, 15) is 5.11 Å². The fourth-order valence-electron chi connectivity index (χ4n) is 3.31. The van der Waals surface area contributed by atoms with Gasteiger partial charge in [0, 0.05) is 5.92 Å². The maximum Gasteiger partial charge on any atom is 0.258 e. The lowest BCUT2D eigenvalue weighted by Crippen LogP contribution is -2.40. The molecule has 0 amide bonds. The number of aromatic nitrogens is 2. The Balaban J connectivity index is 1.75. The number of hydrogen-bond acceptors (Lipinski definition) is 5. The van der Waals surface area contributed by atoms with Crippen LogP contribution in [0.3, 0.4) is 0 Å². The monoisotopic (exact) mass is 265 g/mol. The summed E-state index contributed by atoms with van der Waals surface area (Å²) in [6, 6.07) is 0. The first kappa shape index (κ1) is 13.1. The number of hydrogen-bond donors (Lipinski definition) is 2. The zero-order chi connectivity index (χ0) is 13.3. The molecular weight excluding hydrogens is 242 g/mol. The summed E-state index contributed by atoms with van der Waals surface area (Å²) in [5.74, 6) is 2.37. The predicted octanol–water partition coefficient (Wildman–Crippen LogP) is 1.93. The molecule has 2 unspecified atom stereocenters. The summed E-state index contributed by atoms with van der Waals surface area (Å²) in [4.78, 5) is 4.51. The van der Waals surface area contributed by atoms with Crippen molar-refractivity contribution in [2.24, 2.45) is 5.92 Å². The van der Waals surface area contributed by atoms with Crippen LogP contribution in [0.25, 0.3) is 0 Å². The van der Waals surface area contributed by atoms with Crippen molar-refractivity contribution in [1.82, 2.24) is 15.5 Å². The molecule has 1 aliphatic carbocycles. The van der Waals surface area contributed by atoms with Crippen LogP contribution in [0.4, 0.5) is 0 Å². The molecule has 2 atom stereocenters. The van der Waals surface area contributed by atoms with Crippen LogP contribution in [-0.4, -0.2) is 28.3 Å². The Morgan fingerprint density at radius 1 is 1.32 bits per heavy atom. The zero-order valence-electron chi connectivity index (χ0n) is 11.6. The van der Waals surface area contributed by atoms with Crippen molar-refractivity contribution in [3.05, 3.63) is 11.7 Å². The second kappa shape index (κ2) is 5.21. The summed E-state index contributed by atoms with van der Waals surface area (Å²) in [7, 11) is 0. The van der Waals surface area contributed by atoms with E-state index in [0.717, 1.165) is 37.7 Å². The first-order valence-electron chi connectivity index (χ1n) is 7.44. The molecule has 0 bridgehead atoms. The lowest BCUT2D eigenvalue weighted by molar-refractivity contribution is -0.0228. The van der Waals surface area contributed by atoms with Crippen LogP contribution in [-0.2, 0) is 5.60 Å². The maximum absolute atomic E-state index is 10.6. The minimum atomic E-state index is -0.920. The third-order valence-corrected chi connectivity index (χ3v) is 4.57.